The maximum atomic E-state index is 12.9. The lowest BCUT2D eigenvalue weighted by Gasteiger charge is -2.30. The van der Waals surface area contributed by atoms with E-state index in [1.54, 1.807) is 57.6 Å². The number of rotatable bonds is 9. The molecule has 1 aromatic heterocycles. The van der Waals surface area contributed by atoms with E-state index in [9.17, 15) is 9.59 Å². The molecule has 40 heavy (non-hydrogen) atoms. The zero-order valence-corrected chi connectivity index (χ0v) is 23.9. The molecule has 1 aliphatic rings. The molecule has 2 aromatic rings. The van der Waals surface area contributed by atoms with Crippen molar-refractivity contribution in [2.45, 2.75) is 44.7 Å². The number of nitrogens with one attached hydrogen (secondary N) is 3. The highest BCUT2D eigenvalue weighted by molar-refractivity contribution is 5.92. The van der Waals surface area contributed by atoms with Gasteiger partial charge in [0.05, 0.1) is 23.4 Å². The van der Waals surface area contributed by atoms with Gasteiger partial charge in [0.1, 0.15) is 11.9 Å². The molecule has 1 fully saturated rings. The summed E-state index contributed by atoms with van der Waals surface area (Å²) in [5.41, 5.74) is 2.05. The lowest BCUT2D eigenvalue weighted by atomic mass is 9.86. The highest BCUT2D eigenvalue weighted by Crippen LogP contribution is 2.25. The first kappa shape index (κ1) is 30.1. The molecule has 0 radical (unpaired) electrons. The molecule has 1 unspecified atom stereocenters. The van der Waals surface area contributed by atoms with E-state index in [1.165, 1.54) is 11.0 Å². The van der Waals surface area contributed by atoms with Crippen molar-refractivity contribution in [2.75, 3.05) is 45.4 Å². The zero-order chi connectivity index (χ0) is 29.1. The van der Waals surface area contributed by atoms with Gasteiger partial charge >= 0.3 is 0 Å². The van der Waals surface area contributed by atoms with Crippen LogP contribution in [0.4, 0.5) is 17.5 Å². The van der Waals surface area contributed by atoms with Gasteiger partial charge in [0, 0.05) is 44.4 Å². The van der Waals surface area contributed by atoms with E-state index in [4.69, 9.17) is 5.26 Å². The molecule has 0 aliphatic heterocycles. The molecule has 3 rings (SSSR count). The Balaban J connectivity index is 1.58. The quantitative estimate of drug-likeness (QED) is 0.326. The molecular formula is C30H38N8O2. The molecule has 3 atom stereocenters. The maximum Gasteiger partial charge on any atom is 0.246 e. The Labute approximate surface area is 236 Å². The van der Waals surface area contributed by atoms with Gasteiger partial charge in [-0.05, 0) is 64.5 Å². The lowest BCUT2D eigenvalue weighted by molar-refractivity contribution is -0.135. The van der Waals surface area contributed by atoms with Crippen molar-refractivity contribution in [3.8, 4) is 17.9 Å². The molecule has 1 heterocycles. The van der Waals surface area contributed by atoms with Crippen LogP contribution in [0.25, 0.3) is 0 Å². The number of nitrogens with zero attached hydrogens (tertiary/aromatic N) is 5. The Hall–Kier alpha value is -4.41. The van der Waals surface area contributed by atoms with E-state index in [2.05, 4.69) is 43.8 Å². The average molecular weight is 543 g/mol. The lowest BCUT2D eigenvalue weighted by Crippen LogP contribution is -2.49. The number of benzene rings is 1. The number of hydrogen-bond acceptors (Lipinski definition) is 8. The van der Waals surface area contributed by atoms with Crippen LogP contribution in [0.1, 0.15) is 43.7 Å². The monoisotopic (exact) mass is 542 g/mol. The molecule has 0 spiro atoms. The van der Waals surface area contributed by atoms with Gasteiger partial charge in [-0.2, -0.15) is 10.2 Å². The fourth-order valence-corrected chi connectivity index (χ4v) is 4.28. The summed E-state index contributed by atoms with van der Waals surface area (Å²) in [7, 11) is 7.29. The number of hydrogen-bond donors (Lipinski definition) is 3. The molecule has 10 nitrogen and oxygen atoms in total. The fourth-order valence-electron chi connectivity index (χ4n) is 4.28. The third kappa shape index (κ3) is 8.82. The van der Waals surface area contributed by atoms with Crippen LogP contribution >= 0.6 is 0 Å². The first-order chi connectivity index (χ1) is 19.2. The molecule has 2 amide bonds. The molecule has 3 N–H and O–H groups in total. The Morgan fingerprint density at radius 2 is 1.95 bits per heavy atom. The van der Waals surface area contributed by atoms with E-state index in [0.29, 0.717) is 29.4 Å². The van der Waals surface area contributed by atoms with Crippen molar-refractivity contribution in [3.63, 3.8) is 0 Å². The van der Waals surface area contributed by atoms with E-state index in [0.717, 1.165) is 31.4 Å². The summed E-state index contributed by atoms with van der Waals surface area (Å²) in [6, 6.07) is 8.58. The standard InChI is InChI=1S/C30H38N8O2/c1-21(38(5)27(39)10-7-17-37(3)4)29(40)34-26-9-6-8-22(18-26)11-14-24-20-33-30(36-28(24)32-2)35-25-15-12-23(19-31)13-16-25/h7,10,12-13,15-16,20-22,26H,6,8-9,17-18H2,1-5H3,(H,34,40)(H2,32,33,35,36)/b10-7+/t21?,22-,26-/m0/s1. The smallest absolute Gasteiger partial charge is 0.246 e. The normalized spacial score (nSPS) is 17.3. The third-order valence-corrected chi connectivity index (χ3v) is 6.77. The van der Waals surface area contributed by atoms with E-state index in [1.807, 2.05) is 19.0 Å². The first-order valence-electron chi connectivity index (χ1n) is 13.4. The highest BCUT2D eigenvalue weighted by Gasteiger charge is 2.26. The predicted molar refractivity (Wildman–Crippen MR) is 157 cm³/mol. The molecule has 1 aliphatic carbocycles. The molecule has 210 valence electrons. The van der Waals surface area contributed by atoms with E-state index >= 15 is 0 Å². The van der Waals surface area contributed by atoms with E-state index in [-0.39, 0.29) is 23.8 Å². The van der Waals surface area contributed by atoms with Gasteiger partial charge in [-0.3, -0.25) is 9.59 Å². The zero-order valence-electron chi connectivity index (χ0n) is 23.9. The number of likely N-dealkylation sites (N-methyl/N-ethyl adjacent to an activating group) is 2. The van der Waals surface area contributed by atoms with Crippen molar-refractivity contribution in [3.05, 3.63) is 53.7 Å². The van der Waals surface area contributed by atoms with Gasteiger partial charge in [-0.1, -0.05) is 24.3 Å². The van der Waals surface area contributed by atoms with Gasteiger partial charge in [0.15, 0.2) is 0 Å². The van der Waals surface area contributed by atoms with Crippen LogP contribution in [-0.2, 0) is 9.59 Å². The molecule has 0 bridgehead atoms. The highest BCUT2D eigenvalue weighted by atomic mass is 16.2. The van der Waals surface area contributed by atoms with Crippen molar-refractivity contribution in [1.82, 2.24) is 25.1 Å². The van der Waals surface area contributed by atoms with Gasteiger partial charge in [-0.15, -0.1) is 0 Å². The average Bonchev–Trinajstić information content (AvgIpc) is 2.95. The third-order valence-electron chi connectivity index (χ3n) is 6.77. The Morgan fingerprint density at radius 3 is 2.62 bits per heavy atom. The molecular weight excluding hydrogens is 504 g/mol. The minimum atomic E-state index is -0.574. The summed E-state index contributed by atoms with van der Waals surface area (Å²) in [4.78, 5) is 37.6. The minimum absolute atomic E-state index is 0.00908. The second-order valence-corrected chi connectivity index (χ2v) is 10.1. The Morgan fingerprint density at radius 1 is 1.20 bits per heavy atom. The summed E-state index contributed by atoms with van der Waals surface area (Å²) < 4.78 is 0. The van der Waals surface area contributed by atoms with Gasteiger partial charge in [0.2, 0.25) is 17.8 Å². The number of aromatic nitrogens is 2. The second kappa shape index (κ2) is 14.7. The van der Waals surface area contributed by atoms with Gasteiger partial charge < -0.3 is 25.8 Å². The van der Waals surface area contributed by atoms with Crippen molar-refractivity contribution in [2.24, 2.45) is 5.92 Å². The Kier molecular flexibility index (Phi) is 11.0. The topological polar surface area (TPSA) is 126 Å². The maximum absolute atomic E-state index is 12.9. The van der Waals surface area contributed by atoms with Crippen molar-refractivity contribution < 1.29 is 9.59 Å². The SMILES string of the molecule is CNc1nc(Nc2ccc(C#N)cc2)ncc1C#C[C@@H]1CCC[C@H](NC(=O)C(C)N(C)C(=O)/C=C/CN(C)C)C1. The number of amides is 2. The summed E-state index contributed by atoms with van der Waals surface area (Å²) in [5.74, 6) is 7.37. The van der Waals surface area contributed by atoms with Gasteiger partial charge in [0.25, 0.3) is 0 Å². The summed E-state index contributed by atoms with van der Waals surface area (Å²) >= 11 is 0. The van der Waals surface area contributed by atoms with Crippen molar-refractivity contribution in [1.29, 1.82) is 5.26 Å². The number of carbonyl (C=O) groups is 2. The summed E-state index contributed by atoms with van der Waals surface area (Å²) in [6.07, 6.45) is 8.53. The van der Waals surface area contributed by atoms with Crippen LogP contribution in [0.5, 0.6) is 0 Å². The minimum Gasteiger partial charge on any atom is -0.372 e. The molecule has 1 aromatic carbocycles. The van der Waals surface area contributed by atoms with Crippen LogP contribution < -0.4 is 16.0 Å². The largest absolute Gasteiger partial charge is 0.372 e. The number of nitriles is 1. The van der Waals surface area contributed by atoms with Crippen LogP contribution in [-0.4, -0.2) is 78.4 Å². The second-order valence-electron chi connectivity index (χ2n) is 10.1. The van der Waals surface area contributed by atoms with Crippen LogP contribution in [0.3, 0.4) is 0 Å². The first-order valence-corrected chi connectivity index (χ1v) is 13.4. The van der Waals surface area contributed by atoms with Gasteiger partial charge in [-0.25, -0.2) is 4.98 Å². The number of carbonyl (C=O) groups excluding carboxylic acids is 2. The van der Waals surface area contributed by atoms with Crippen LogP contribution in [0.15, 0.2) is 42.6 Å². The van der Waals surface area contributed by atoms with Crippen molar-refractivity contribution >= 4 is 29.3 Å². The van der Waals surface area contributed by atoms with E-state index < -0.39 is 6.04 Å². The Bertz CT molecular complexity index is 1300. The van der Waals surface area contributed by atoms with Crippen LogP contribution in [0.2, 0.25) is 0 Å². The summed E-state index contributed by atoms with van der Waals surface area (Å²) in [5, 5.41) is 18.3. The van der Waals surface area contributed by atoms with Crippen LogP contribution in [0, 0.1) is 29.1 Å². The molecule has 10 heteroatoms. The number of anilines is 3. The molecule has 1 saturated carbocycles. The summed E-state index contributed by atoms with van der Waals surface area (Å²) in [6.45, 7) is 2.40. The molecule has 0 saturated heterocycles. The fraction of sp³-hybridized carbons (Fsp3) is 0.433. The predicted octanol–water partition coefficient (Wildman–Crippen LogP) is 3.12.